The number of halogens is 2. The van der Waals surface area contributed by atoms with Crippen LogP contribution in [0.25, 0.3) is 22.5 Å². The maximum atomic E-state index is 14.3. The number of ether oxygens (including phenoxy) is 3. The van der Waals surface area contributed by atoms with Gasteiger partial charge in [-0.2, -0.15) is 0 Å². The van der Waals surface area contributed by atoms with Crippen molar-refractivity contribution < 1.29 is 23.4 Å². The lowest BCUT2D eigenvalue weighted by Crippen LogP contribution is -2.40. The van der Waals surface area contributed by atoms with Crippen LogP contribution in [0.3, 0.4) is 0 Å². The number of nitrogens with zero attached hydrogens (tertiary/aromatic N) is 2. The van der Waals surface area contributed by atoms with E-state index in [0.29, 0.717) is 48.2 Å². The normalized spacial score (nSPS) is 14.3. The summed E-state index contributed by atoms with van der Waals surface area (Å²) in [6.07, 6.45) is 1.70. The van der Waals surface area contributed by atoms with E-state index >= 15 is 0 Å². The van der Waals surface area contributed by atoms with Gasteiger partial charge in [0, 0.05) is 5.56 Å². The van der Waals surface area contributed by atoms with Crippen LogP contribution < -0.4 is 24.4 Å². The van der Waals surface area contributed by atoms with Crippen LogP contribution in [0, 0.1) is 5.82 Å². The Morgan fingerprint density at radius 2 is 1.72 bits per heavy atom. The molecule has 0 unspecified atom stereocenters. The smallest absolute Gasteiger partial charge is 0.338 e. The van der Waals surface area contributed by atoms with Gasteiger partial charge in [0.1, 0.15) is 12.4 Å². The molecule has 50 heavy (non-hydrogen) atoms. The Morgan fingerprint density at radius 3 is 2.48 bits per heavy atom. The van der Waals surface area contributed by atoms with Crippen molar-refractivity contribution in [3.63, 3.8) is 0 Å². The predicted octanol–water partition coefficient (Wildman–Crippen LogP) is 7.47. The number of carbonyl (C=O) groups excluding carboxylic acids is 1. The summed E-state index contributed by atoms with van der Waals surface area (Å²) < 4.78 is 33.3. The summed E-state index contributed by atoms with van der Waals surface area (Å²) >= 11 is 7.95. The first-order chi connectivity index (χ1) is 24.4. The van der Waals surface area contributed by atoms with Crippen LogP contribution in [0.15, 0.2) is 125 Å². The van der Waals surface area contributed by atoms with Crippen molar-refractivity contribution in [2.24, 2.45) is 4.99 Å². The Kier molecular flexibility index (Phi) is 9.34. The highest BCUT2D eigenvalue weighted by molar-refractivity contribution is 7.07. The Hall–Kier alpha value is -5.51. The fourth-order valence-corrected chi connectivity index (χ4v) is 7.36. The van der Waals surface area contributed by atoms with E-state index in [4.69, 9.17) is 30.8 Å². The summed E-state index contributed by atoms with van der Waals surface area (Å²) in [6.45, 7) is 2.10. The van der Waals surface area contributed by atoms with E-state index in [1.165, 1.54) is 35.1 Å². The van der Waals surface area contributed by atoms with Gasteiger partial charge in [-0.3, -0.25) is 9.36 Å². The van der Waals surface area contributed by atoms with E-state index in [1.54, 1.807) is 37.3 Å². The molecule has 2 heterocycles. The van der Waals surface area contributed by atoms with Crippen LogP contribution in [0.4, 0.5) is 4.39 Å². The standard InChI is InChI=1S/C40H30ClFN2O5S/c1-3-48-39(46)34-35(26-11-5-4-6-12-26)43-40-44(36(34)27-16-18-29(42)19-17-27)38(45)33(50-40)22-24-20-31(41)37(32(21-24)47-2)49-23-28-14-9-13-25-10-7-8-15-30(25)28/h4-22,36H,3,23H2,1-2H3/b33-22-/t36-/m0/s1. The van der Waals surface area contributed by atoms with Crippen molar-refractivity contribution in [3.05, 3.63) is 168 Å². The summed E-state index contributed by atoms with van der Waals surface area (Å²) in [5.41, 5.74) is 2.98. The molecule has 0 radical (unpaired) electrons. The van der Waals surface area contributed by atoms with Gasteiger partial charge in [0.25, 0.3) is 5.56 Å². The van der Waals surface area contributed by atoms with Crippen LogP contribution in [0.1, 0.15) is 35.2 Å². The molecule has 7 nitrogen and oxygen atoms in total. The van der Waals surface area contributed by atoms with Crippen LogP contribution in [0.2, 0.25) is 5.02 Å². The summed E-state index contributed by atoms with van der Waals surface area (Å²) in [6, 6.07) is 31.6. The van der Waals surface area contributed by atoms with Gasteiger partial charge >= 0.3 is 5.97 Å². The lowest BCUT2D eigenvalue weighted by atomic mass is 9.93. The molecule has 0 saturated carbocycles. The minimum Gasteiger partial charge on any atom is -0.493 e. The van der Waals surface area contributed by atoms with Gasteiger partial charge in [0.15, 0.2) is 16.3 Å². The third kappa shape index (κ3) is 6.33. The molecule has 0 N–H and O–H groups in total. The molecule has 1 atom stereocenters. The highest BCUT2D eigenvalue weighted by Crippen LogP contribution is 2.38. The van der Waals surface area contributed by atoms with Crippen LogP contribution in [-0.2, 0) is 16.1 Å². The topological polar surface area (TPSA) is 79.1 Å². The largest absolute Gasteiger partial charge is 0.493 e. The maximum Gasteiger partial charge on any atom is 0.338 e. The van der Waals surface area contributed by atoms with Crippen LogP contribution in [-0.4, -0.2) is 24.3 Å². The highest BCUT2D eigenvalue weighted by Gasteiger charge is 2.35. The average Bonchev–Trinajstić information content (AvgIpc) is 3.44. The Bertz CT molecular complexity index is 2450. The number of methoxy groups -OCH3 is 1. The molecule has 1 aromatic heterocycles. The van der Waals surface area contributed by atoms with Gasteiger partial charge in [-0.15, -0.1) is 0 Å². The number of esters is 1. The number of fused-ring (bicyclic) bond motifs is 2. The second-order valence-electron chi connectivity index (χ2n) is 11.4. The molecule has 0 aliphatic carbocycles. The molecule has 250 valence electrons. The SMILES string of the molecule is CCOC(=O)C1=C(c2ccccc2)N=c2s/c(=C\c3cc(Cl)c(OCc4cccc5ccccc45)c(OC)c3)c(=O)n2[C@H]1c1ccc(F)cc1. The predicted molar refractivity (Wildman–Crippen MR) is 194 cm³/mol. The highest BCUT2D eigenvalue weighted by atomic mass is 35.5. The quantitative estimate of drug-likeness (QED) is 0.146. The van der Waals surface area contributed by atoms with Crippen molar-refractivity contribution >= 4 is 51.5 Å². The first kappa shape index (κ1) is 33.0. The molecule has 5 aromatic carbocycles. The van der Waals surface area contributed by atoms with Gasteiger partial charge in [-0.1, -0.05) is 108 Å². The molecule has 0 fully saturated rings. The third-order valence-corrected chi connectivity index (χ3v) is 9.62. The zero-order chi connectivity index (χ0) is 34.8. The first-order valence-electron chi connectivity index (χ1n) is 15.9. The summed E-state index contributed by atoms with van der Waals surface area (Å²) in [5.74, 6) is -0.281. The number of aromatic nitrogens is 1. The molecule has 0 spiro atoms. The van der Waals surface area contributed by atoms with E-state index < -0.39 is 17.8 Å². The number of hydrogen-bond acceptors (Lipinski definition) is 7. The second-order valence-corrected chi connectivity index (χ2v) is 12.9. The minimum absolute atomic E-state index is 0.120. The molecule has 1 aliphatic rings. The number of rotatable bonds is 9. The summed E-state index contributed by atoms with van der Waals surface area (Å²) in [5, 5.41) is 2.50. The Labute approximate surface area is 295 Å². The number of thiazole rings is 1. The molecule has 0 bridgehead atoms. The molecule has 0 saturated heterocycles. The maximum absolute atomic E-state index is 14.3. The van der Waals surface area contributed by atoms with Crippen molar-refractivity contribution in [3.8, 4) is 11.5 Å². The molecule has 0 amide bonds. The summed E-state index contributed by atoms with van der Waals surface area (Å²) in [4.78, 5) is 33.1. The molecule has 7 rings (SSSR count). The van der Waals surface area contributed by atoms with Crippen molar-refractivity contribution in [2.45, 2.75) is 19.6 Å². The fourth-order valence-electron chi connectivity index (χ4n) is 6.08. The summed E-state index contributed by atoms with van der Waals surface area (Å²) in [7, 11) is 1.53. The number of hydrogen-bond donors (Lipinski definition) is 0. The first-order valence-corrected chi connectivity index (χ1v) is 17.1. The van der Waals surface area contributed by atoms with Crippen LogP contribution >= 0.6 is 22.9 Å². The third-order valence-electron chi connectivity index (χ3n) is 8.36. The van der Waals surface area contributed by atoms with E-state index in [-0.39, 0.29) is 24.3 Å². The van der Waals surface area contributed by atoms with Gasteiger partial charge < -0.3 is 14.2 Å². The van der Waals surface area contributed by atoms with Crippen molar-refractivity contribution in [2.75, 3.05) is 13.7 Å². The average molecular weight is 705 g/mol. The van der Waals surface area contributed by atoms with E-state index in [9.17, 15) is 14.0 Å². The lowest BCUT2D eigenvalue weighted by molar-refractivity contribution is -0.138. The zero-order valence-corrected chi connectivity index (χ0v) is 28.6. The Morgan fingerprint density at radius 1 is 0.980 bits per heavy atom. The zero-order valence-electron chi connectivity index (χ0n) is 27.1. The molecule has 1 aliphatic heterocycles. The molecular weight excluding hydrogens is 675 g/mol. The molecule has 6 aromatic rings. The van der Waals surface area contributed by atoms with E-state index in [0.717, 1.165) is 16.3 Å². The fraction of sp³-hybridized carbons (Fsp3) is 0.125. The molecule has 10 heteroatoms. The van der Waals surface area contributed by atoms with Gasteiger partial charge in [-0.25, -0.2) is 14.2 Å². The minimum atomic E-state index is -0.925. The molecular formula is C40H30ClFN2O5S. The number of benzene rings is 5. The van der Waals surface area contributed by atoms with E-state index in [1.807, 2.05) is 72.8 Å². The van der Waals surface area contributed by atoms with Gasteiger partial charge in [0.05, 0.1) is 40.6 Å². The van der Waals surface area contributed by atoms with Crippen molar-refractivity contribution in [1.82, 2.24) is 4.57 Å². The lowest BCUT2D eigenvalue weighted by Gasteiger charge is -2.25. The van der Waals surface area contributed by atoms with Gasteiger partial charge in [-0.05, 0) is 64.7 Å². The Balaban J connectivity index is 1.33. The second kappa shape index (κ2) is 14.2. The number of carbonyl (C=O) groups is 1. The van der Waals surface area contributed by atoms with Crippen molar-refractivity contribution in [1.29, 1.82) is 0 Å². The van der Waals surface area contributed by atoms with E-state index in [2.05, 4.69) is 0 Å². The monoisotopic (exact) mass is 704 g/mol. The van der Waals surface area contributed by atoms with Crippen LogP contribution in [0.5, 0.6) is 11.5 Å². The van der Waals surface area contributed by atoms with Gasteiger partial charge in [0.2, 0.25) is 0 Å².